The van der Waals surface area contributed by atoms with Gasteiger partial charge >= 0.3 is 5.97 Å². The molecule has 2 rings (SSSR count). The van der Waals surface area contributed by atoms with Gasteiger partial charge in [0.15, 0.2) is 0 Å². The molecule has 0 radical (unpaired) electrons. The molecule has 1 unspecified atom stereocenters. The van der Waals surface area contributed by atoms with Gasteiger partial charge in [-0.2, -0.15) is 0 Å². The maximum Gasteiger partial charge on any atom is 0.335 e. The summed E-state index contributed by atoms with van der Waals surface area (Å²) in [6, 6.07) is 3.96. The van der Waals surface area contributed by atoms with E-state index in [1.807, 2.05) is 0 Å². The van der Waals surface area contributed by atoms with Crippen LogP contribution in [0.5, 0.6) is 0 Å². The fourth-order valence-corrected chi connectivity index (χ4v) is 2.24. The molecule has 1 fully saturated rings. The van der Waals surface area contributed by atoms with Gasteiger partial charge in [0, 0.05) is 18.7 Å². The number of aromatic carboxylic acids is 1. The molecule has 0 saturated carbocycles. The number of hydrogen-bond donors (Lipinski definition) is 1. The Bertz CT molecular complexity index is 433. The SMILES string of the molecule is CC1CCN(Cc2cc(C(=O)O)ccc2F)C1. The lowest BCUT2D eigenvalue weighted by atomic mass is 10.1. The summed E-state index contributed by atoms with van der Waals surface area (Å²) in [5.41, 5.74) is 0.618. The van der Waals surface area contributed by atoms with E-state index in [9.17, 15) is 9.18 Å². The number of carboxylic acids is 1. The number of carbonyl (C=O) groups is 1. The Morgan fingerprint density at radius 3 is 2.94 bits per heavy atom. The molecule has 1 saturated heterocycles. The van der Waals surface area contributed by atoms with Crippen LogP contribution in [0.25, 0.3) is 0 Å². The molecule has 1 aliphatic rings. The van der Waals surface area contributed by atoms with Gasteiger partial charge in [0.05, 0.1) is 5.56 Å². The van der Waals surface area contributed by atoms with Gasteiger partial charge in [-0.15, -0.1) is 0 Å². The van der Waals surface area contributed by atoms with Gasteiger partial charge in [0.25, 0.3) is 0 Å². The van der Waals surface area contributed by atoms with E-state index in [2.05, 4.69) is 11.8 Å². The topological polar surface area (TPSA) is 40.5 Å². The van der Waals surface area contributed by atoms with Gasteiger partial charge in [0.1, 0.15) is 5.82 Å². The van der Waals surface area contributed by atoms with Crippen LogP contribution >= 0.6 is 0 Å². The summed E-state index contributed by atoms with van der Waals surface area (Å²) in [5.74, 6) is -0.698. The summed E-state index contributed by atoms with van der Waals surface area (Å²) < 4.78 is 13.6. The first kappa shape index (κ1) is 12.0. The van der Waals surface area contributed by atoms with Crippen molar-refractivity contribution in [2.24, 2.45) is 5.92 Å². The number of benzene rings is 1. The number of carboxylic acid groups (broad SMARTS) is 1. The Balaban J connectivity index is 2.14. The number of halogens is 1. The zero-order valence-electron chi connectivity index (χ0n) is 9.82. The molecule has 0 aromatic heterocycles. The Morgan fingerprint density at radius 2 is 2.35 bits per heavy atom. The highest BCUT2D eigenvalue weighted by molar-refractivity contribution is 5.87. The highest BCUT2D eigenvalue weighted by atomic mass is 19.1. The van der Waals surface area contributed by atoms with Gasteiger partial charge < -0.3 is 5.11 Å². The highest BCUT2D eigenvalue weighted by Crippen LogP contribution is 2.20. The van der Waals surface area contributed by atoms with Crippen molar-refractivity contribution in [2.75, 3.05) is 13.1 Å². The number of rotatable bonds is 3. The Hall–Kier alpha value is -1.42. The minimum atomic E-state index is -1.01. The molecule has 1 aromatic rings. The Labute approximate surface area is 99.9 Å². The fourth-order valence-electron chi connectivity index (χ4n) is 2.24. The average Bonchev–Trinajstić information content (AvgIpc) is 2.67. The monoisotopic (exact) mass is 237 g/mol. The van der Waals surface area contributed by atoms with E-state index in [4.69, 9.17) is 5.11 Å². The second-order valence-corrected chi connectivity index (χ2v) is 4.74. The number of hydrogen-bond acceptors (Lipinski definition) is 2. The van der Waals surface area contributed by atoms with E-state index in [0.717, 1.165) is 19.5 Å². The molecule has 1 aromatic carbocycles. The summed E-state index contributed by atoms with van der Waals surface area (Å²) >= 11 is 0. The molecule has 0 aliphatic carbocycles. The predicted octanol–water partition coefficient (Wildman–Crippen LogP) is 2.37. The molecular weight excluding hydrogens is 221 g/mol. The van der Waals surface area contributed by atoms with Crippen LogP contribution in [-0.2, 0) is 6.54 Å². The van der Waals surface area contributed by atoms with E-state index in [-0.39, 0.29) is 11.4 Å². The Kier molecular flexibility index (Phi) is 3.43. The minimum Gasteiger partial charge on any atom is -0.478 e. The number of nitrogens with zero attached hydrogens (tertiary/aromatic N) is 1. The van der Waals surface area contributed by atoms with Crippen molar-refractivity contribution in [3.63, 3.8) is 0 Å². The molecule has 0 amide bonds. The molecule has 0 bridgehead atoms. The number of likely N-dealkylation sites (tertiary alicyclic amines) is 1. The lowest BCUT2D eigenvalue weighted by Gasteiger charge is -2.16. The summed E-state index contributed by atoms with van der Waals surface area (Å²) in [7, 11) is 0. The van der Waals surface area contributed by atoms with E-state index in [1.165, 1.54) is 18.2 Å². The van der Waals surface area contributed by atoms with Crippen LogP contribution in [0.3, 0.4) is 0 Å². The van der Waals surface area contributed by atoms with E-state index < -0.39 is 5.97 Å². The van der Waals surface area contributed by atoms with Gasteiger partial charge in [-0.05, 0) is 37.1 Å². The second-order valence-electron chi connectivity index (χ2n) is 4.74. The van der Waals surface area contributed by atoms with Crippen LogP contribution in [-0.4, -0.2) is 29.1 Å². The van der Waals surface area contributed by atoms with E-state index >= 15 is 0 Å². The van der Waals surface area contributed by atoms with Gasteiger partial charge in [-0.25, -0.2) is 9.18 Å². The van der Waals surface area contributed by atoms with Crippen LogP contribution in [0.1, 0.15) is 29.3 Å². The fraction of sp³-hybridized carbons (Fsp3) is 0.462. The average molecular weight is 237 g/mol. The molecule has 1 N–H and O–H groups in total. The van der Waals surface area contributed by atoms with Crippen LogP contribution in [0.4, 0.5) is 4.39 Å². The molecule has 3 nitrogen and oxygen atoms in total. The molecular formula is C13H16FNO2. The summed E-state index contributed by atoms with van der Waals surface area (Å²) in [6.45, 7) is 4.58. The van der Waals surface area contributed by atoms with Crippen LogP contribution in [0.15, 0.2) is 18.2 Å². The third-order valence-electron chi connectivity index (χ3n) is 3.19. The smallest absolute Gasteiger partial charge is 0.335 e. The second kappa shape index (κ2) is 4.84. The largest absolute Gasteiger partial charge is 0.478 e. The third kappa shape index (κ3) is 2.82. The van der Waals surface area contributed by atoms with Gasteiger partial charge in [0.2, 0.25) is 0 Å². The molecule has 17 heavy (non-hydrogen) atoms. The summed E-state index contributed by atoms with van der Waals surface area (Å²) in [5, 5.41) is 8.87. The van der Waals surface area contributed by atoms with E-state index in [0.29, 0.717) is 18.0 Å². The summed E-state index contributed by atoms with van der Waals surface area (Å²) in [6.07, 6.45) is 1.13. The van der Waals surface area contributed by atoms with Gasteiger partial charge in [-0.3, -0.25) is 4.90 Å². The lowest BCUT2D eigenvalue weighted by molar-refractivity contribution is 0.0696. The lowest BCUT2D eigenvalue weighted by Crippen LogP contribution is -2.20. The maximum atomic E-state index is 13.6. The standard InChI is InChI=1S/C13H16FNO2/c1-9-4-5-15(7-9)8-11-6-10(13(16)17)2-3-12(11)14/h2-3,6,9H,4-5,7-8H2,1H3,(H,16,17). The summed E-state index contributed by atoms with van der Waals surface area (Å²) in [4.78, 5) is 13.0. The quantitative estimate of drug-likeness (QED) is 0.877. The third-order valence-corrected chi connectivity index (χ3v) is 3.19. The highest BCUT2D eigenvalue weighted by Gasteiger charge is 2.20. The zero-order valence-corrected chi connectivity index (χ0v) is 9.82. The van der Waals surface area contributed by atoms with Crippen molar-refractivity contribution in [1.29, 1.82) is 0 Å². The van der Waals surface area contributed by atoms with Crippen LogP contribution in [0, 0.1) is 11.7 Å². The first-order valence-corrected chi connectivity index (χ1v) is 5.80. The molecule has 1 atom stereocenters. The molecule has 92 valence electrons. The maximum absolute atomic E-state index is 13.6. The normalized spacial score (nSPS) is 20.7. The molecule has 1 aliphatic heterocycles. The minimum absolute atomic E-state index is 0.147. The van der Waals surface area contributed by atoms with Crippen LogP contribution < -0.4 is 0 Å². The van der Waals surface area contributed by atoms with Crippen molar-refractivity contribution in [2.45, 2.75) is 19.9 Å². The first-order valence-electron chi connectivity index (χ1n) is 5.80. The predicted molar refractivity (Wildman–Crippen MR) is 62.4 cm³/mol. The van der Waals surface area contributed by atoms with Crippen molar-refractivity contribution >= 4 is 5.97 Å². The van der Waals surface area contributed by atoms with Crippen molar-refractivity contribution in [3.05, 3.63) is 35.1 Å². The molecule has 0 spiro atoms. The van der Waals surface area contributed by atoms with Crippen molar-refractivity contribution < 1.29 is 14.3 Å². The zero-order chi connectivity index (χ0) is 12.4. The van der Waals surface area contributed by atoms with E-state index in [1.54, 1.807) is 0 Å². The first-order chi connectivity index (χ1) is 8.06. The molecule has 1 heterocycles. The van der Waals surface area contributed by atoms with Crippen LogP contribution in [0.2, 0.25) is 0 Å². The van der Waals surface area contributed by atoms with Gasteiger partial charge in [-0.1, -0.05) is 6.92 Å². The van der Waals surface area contributed by atoms with Crippen molar-refractivity contribution in [3.8, 4) is 0 Å². The van der Waals surface area contributed by atoms with Crippen molar-refractivity contribution in [1.82, 2.24) is 4.90 Å². The molecule has 4 heteroatoms. The Morgan fingerprint density at radius 1 is 1.59 bits per heavy atom.